The SMILES string of the molecule is CC(=O)CCn1cc(C)cnc1=O. The molecule has 0 aliphatic heterocycles. The molecule has 0 aliphatic carbocycles. The molecule has 1 heterocycles. The van der Waals surface area contributed by atoms with Crippen LogP contribution in [0.25, 0.3) is 0 Å². The highest BCUT2D eigenvalue weighted by atomic mass is 16.1. The highest BCUT2D eigenvalue weighted by molar-refractivity contribution is 5.75. The van der Waals surface area contributed by atoms with Gasteiger partial charge < -0.3 is 0 Å². The predicted molar refractivity (Wildman–Crippen MR) is 48.5 cm³/mol. The van der Waals surface area contributed by atoms with E-state index in [2.05, 4.69) is 4.98 Å². The van der Waals surface area contributed by atoms with Crippen molar-refractivity contribution < 1.29 is 4.79 Å². The summed E-state index contributed by atoms with van der Waals surface area (Å²) >= 11 is 0. The van der Waals surface area contributed by atoms with E-state index >= 15 is 0 Å². The van der Waals surface area contributed by atoms with Gasteiger partial charge in [-0.15, -0.1) is 0 Å². The normalized spacial score (nSPS) is 10.0. The van der Waals surface area contributed by atoms with Crippen molar-refractivity contribution in [2.24, 2.45) is 0 Å². The summed E-state index contributed by atoms with van der Waals surface area (Å²) in [5.41, 5.74) is 0.620. The second kappa shape index (κ2) is 3.98. The third-order valence-corrected chi connectivity index (χ3v) is 1.69. The molecule has 0 aromatic carbocycles. The molecule has 0 fully saturated rings. The maximum Gasteiger partial charge on any atom is 0.347 e. The van der Waals surface area contributed by atoms with E-state index < -0.39 is 0 Å². The minimum Gasteiger partial charge on any atom is -0.300 e. The van der Waals surface area contributed by atoms with Gasteiger partial charge in [0.05, 0.1) is 0 Å². The lowest BCUT2D eigenvalue weighted by atomic mass is 10.3. The Morgan fingerprint density at radius 1 is 1.62 bits per heavy atom. The number of carbonyl (C=O) groups excluding carboxylic acids is 1. The standard InChI is InChI=1S/C9H12N2O2/c1-7-5-10-9(13)11(6-7)4-3-8(2)12/h5-6H,3-4H2,1-2H3. The molecule has 0 amide bonds. The molecule has 0 aliphatic rings. The Morgan fingerprint density at radius 2 is 2.31 bits per heavy atom. The van der Waals surface area contributed by atoms with E-state index in [1.165, 1.54) is 17.7 Å². The van der Waals surface area contributed by atoms with Gasteiger partial charge in [0.1, 0.15) is 5.78 Å². The number of ketones is 1. The highest BCUT2D eigenvalue weighted by Crippen LogP contribution is 1.92. The molecule has 0 N–H and O–H groups in total. The van der Waals surface area contributed by atoms with Crippen LogP contribution in [0.15, 0.2) is 17.2 Å². The number of hydrogen-bond acceptors (Lipinski definition) is 3. The lowest BCUT2D eigenvalue weighted by Gasteiger charge is -2.02. The van der Waals surface area contributed by atoms with Crippen molar-refractivity contribution in [3.8, 4) is 0 Å². The van der Waals surface area contributed by atoms with E-state index in [1.54, 1.807) is 6.20 Å². The van der Waals surface area contributed by atoms with Crippen LogP contribution in [0.4, 0.5) is 0 Å². The van der Waals surface area contributed by atoms with E-state index in [-0.39, 0.29) is 11.5 Å². The number of carbonyl (C=O) groups is 1. The van der Waals surface area contributed by atoms with Crippen LogP contribution in [0.3, 0.4) is 0 Å². The zero-order chi connectivity index (χ0) is 9.84. The molecule has 0 spiro atoms. The summed E-state index contributed by atoms with van der Waals surface area (Å²) in [5, 5.41) is 0. The Morgan fingerprint density at radius 3 is 2.92 bits per heavy atom. The maximum absolute atomic E-state index is 11.1. The Kier molecular flexibility index (Phi) is 2.95. The Balaban J connectivity index is 2.82. The van der Waals surface area contributed by atoms with Gasteiger partial charge in [-0.1, -0.05) is 0 Å². The summed E-state index contributed by atoms with van der Waals surface area (Å²) < 4.78 is 1.46. The van der Waals surface area contributed by atoms with Crippen LogP contribution in [0.5, 0.6) is 0 Å². The van der Waals surface area contributed by atoms with Crippen LogP contribution < -0.4 is 5.69 Å². The first kappa shape index (κ1) is 9.64. The van der Waals surface area contributed by atoms with Gasteiger partial charge in [-0.3, -0.25) is 9.36 Å². The van der Waals surface area contributed by atoms with Gasteiger partial charge in [-0.25, -0.2) is 9.78 Å². The van der Waals surface area contributed by atoms with Crippen molar-refractivity contribution in [3.05, 3.63) is 28.4 Å². The zero-order valence-corrected chi connectivity index (χ0v) is 7.78. The van der Waals surface area contributed by atoms with Gasteiger partial charge in [-0.05, 0) is 19.4 Å². The second-order valence-electron chi connectivity index (χ2n) is 3.06. The van der Waals surface area contributed by atoms with Gasteiger partial charge in [0.15, 0.2) is 0 Å². The van der Waals surface area contributed by atoms with E-state index in [0.717, 1.165) is 5.56 Å². The quantitative estimate of drug-likeness (QED) is 0.681. The van der Waals surface area contributed by atoms with Crippen molar-refractivity contribution in [2.45, 2.75) is 26.8 Å². The van der Waals surface area contributed by atoms with Gasteiger partial charge in [0, 0.05) is 25.4 Å². The fourth-order valence-electron chi connectivity index (χ4n) is 1.00. The first-order valence-corrected chi connectivity index (χ1v) is 4.12. The Hall–Kier alpha value is -1.45. The van der Waals surface area contributed by atoms with Crippen molar-refractivity contribution in [3.63, 3.8) is 0 Å². The van der Waals surface area contributed by atoms with Crippen molar-refractivity contribution in [1.29, 1.82) is 0 Å². The Bertz CT molecular complexity index is 368. The van der Waals surface area contributed by atoms with Crippen molar-refractivity contribution >= 4 is 5.78 Å². The number of rotatable bonds is 3. The first-order chi connectivity index (χ1) is 6.09. The lowest BCUT2D eigenvalue weighted by molar-refractivity contribution is -0.117. The molecule has 1 aromatic heterocycles. The van der Waals surface area contributed by atoms with Crippen LogP contribution in [-0.2, 0) is 11.3 Å². The lowest BCUT2D eigenvalue weighted by Crippen LogP contribution is -2.23. The molecule has 13 heavy (non-hydrogen) atoms. The van der Waals surface area contributed by atoms with Gasteiger partial charge in [0.25, 0.3) is 0 Å². The largest absolute Gasteiger partial charge is 0.347 e. The molecule has 1 rings (SSSR count). The van der Waals surface area contributed by atoms with Crippen molar-refractivity contribution in [1.82, 2.24) is 9.55 Å². The number of Topliss-reactive ketones (excluding diaryl/α,β-unsaturated/α-hetero) is 1. The molecular weight excluding hydrogens is 168 g/mol. The summed E-state index contributed by atoms with van der Waals surface area (Å²) in [6, 6.07) is 0. The summed E-state index contributed by atoms with van der Waals surface area (Å²) in [6.07, 6.45) is 3.61. The highest BCUT2D eigenvalue weighted by Gasteiger charge is 1.98. The minimum atomic E-state index is -0.299. The molecule has 0 saturated heterocycles. The molecule has 0 saturated carbocycles. The van der Waals surface area contributed by atoms with Crippen molar-refractivity contribution in [2.75, 3.05) is 0 Å². The molecule has 0 bridgehead atoms. The van der Waals surface area contributed by atoms with E-state index in [4.69, 9.17) is 0 Å². The molecule has 0 radical (unpaired) electrons. The van der Waals surface area contributed by atoms with Gasteiger partial charge in [-0.2, -0.15) is 0 Å². The molecule has 1 aromatic rings. The monoisotopic (exact) mass is 180 g/mol. The predicted octanol–water partition coefficient (Wildman–Crippen LogP) is 0.531. The fourth-order valence-corrected chi connectivity index (χ4v) is 1.00. The number of aromatic nitrogens is 2. The van der Waals surface area contributed by atoms with E-state index in [1.807, 2.05) is 6.92 Å². The maximum atomic E-state index is 11.1. The van der Waals surface area contributed by atoms with Crippen LogP contribution in [0.1, 0.15) is 18.9 Å². The number of hydrogen-bond donors (Lipinski definition) is 0. The van der Waals surface area contributed by atoms with Crippen LogP contribution in [0.2, 0.25) is 0 Å². The molecule has 70 valence electrons. The average molecular weight is 180 g/mol. The summed E-state index contributed by atoms with van der Waals surface area (Å²) in [4.78, 5) is 25.5. The van der Waals surface area contributed by atoms with Crippen LogP contribution in [0, 0.1) is 6.92 Å². The summed E-state index contributed by atoms with van der Waals surface area (Å²) in [6.45, 7) is 3.79. The van der Waals surface area contributed by atoms with Gasteiger partial charge in [0.2, 0.25) is 0 Å². The molecular formula is C9H12N2O2. The molecule has 0 unspecified atom stereocenters. The third kappa shape index (κ3) is 2.82. The van der Waals surface area contributed by atoms with E-state index in [9.17, 15) is 9.59 Å². The van der Waals surface area contributed by atoms with Crippen LogP contribution in [-0.4, -0.2) is 15.3 Å². The minimum absolute atomic E-state index is 0.0772. The zero-order valence-electron chi connectivity index (χ0n) is 7.78. The summed E-state index contributed by atoms with van der Waals surface area (Å²) in [7, 11) is 0. The molecule has 4 nitrogen and oxygen atoms in total. The Labute approximate surface area is 76.2 Å². The van der Waals surface area contributed by atoms with E-state index in [0.29, 0.717) is 13.0 Å². The van der Waals surface area contributed by atoms with Gasteiger partial charge >= 0.3 is 5.69 Å². The fraction of sp³-hybridized carbons (Fsp3) is 0.444. The summed E-state index contributed by atoms with van der Waals surface area (Å²) in [5.74, 6) is 0.0772. The average Bonchev–Trinajstić information content (AvgIpc) is 2.06. The van der Waals surface area contributed by atoms with Crippen LogP contribution >= 0.6 is 0 Å². The first-order valence-electron chi connectivity index (χ1n) is 4.12. The second-order valence-corrected chi connectivity index (χ2v) is 3.06. The molecule has 4 heteroatoms. The number of aryl methyl sites for hydroxylation is 2. The third-order valence-electron chi connectivity index (χ3n) is 1.69. The topological polar surface area (TPSA) is 52.0 Å². The number of nitrogens with zero attached hydrogens (tertiary/aromatic N) is 2. The molecule has 0 atom stereocenters. The smallest absolute Gasteiger partial charge is 0.300 e.